The highest BCUT2D eigenvalue weighted by atomic mass is 35.5. The molecule has 0 radical (unpaired) electrons. The Balaban J connectivity index is 0. The summed E-state index contributed by atoms with van der Waals surface area (Å²) >= 11 is 4.64. The fraction of sp³-hybridized carbons (Fsp3) is 0.833. The van der Waals surface area contributed by atoms with Crippen molar-refractivity contribution in [2.24, 2.45) is 5.73 Å². The van der Waals surface area contributed by atoms with Gasteiger partial charge in [0.2, 0.25) is 5.24 Å². The molecule has 9 heavy (non-hydrogen) atoms. The molecule has 0 fully saturated rings. The van der Waals surface area contributed by atoms with E-state index in [0.717, 1.165) is 0 Å². The molecule has 0 atom stereocenters. The SMILES string of the molecule is CC(=O)Cl.CC(C)(C)N. The van der Waals surface area contributed by atoms with E-state index in [1.165, 1.54) is 6.92 Å². The third-order valence-electron chi connectivity index (χ3n) is 0. The van der Waals surface area contributed by atoms with Crippen LogP contribution in [0.3, 0.4) is 0 Å². The van der Waals surface area contributed by atoms with Crippen molar-refractivity contribution in [3.8, 4) is 0 Å². The second-order valence-electron chi connectivity index (χ2n) is 2.84. The molecule has 56 valence electrons. The average Bonchev–Trinajstić information content (AvgIpc) is 1.19. The Morgan fingerprint density at radius 3 is 1.44 bits per heavy atom. The fourth-order valence-corrected chi connectivity index (χ4v) is 0. The van der Waals surface area contributed by atoms with Crippen LogP contribution in [0.15, 0.2) is 0 Å². The molecule has 0 bridgehead atoms. The van der Waals surface area contributed by atoms with Gasteiger partial charge in [0.15, 0.2) is 0 Å². The molecule has 3 heteroatoms. The van der Waals surface area contributed by atoms with Gasteiger partial charge in [0, 0.05) is 12.5 Å². The summed E-state index contributed by atoms with van der Waals surface area (Å²) in [6, 6.07) is 0. The molecule has 0 aromatic carbocycles. The highest BCUT2D eigenvalue weighted by Gasteiger charge is 1.95. The summed E-state index contributed by atoms with van der Waals surface area (Å²) in [6.07, 6.45) is 0. The molecular formula is C6H14ClNO. The second-order valence-corrected chi connectivity index (χ2v) is 3.37. The Labute approximate surface area is 61.4 Å². The summed E-state index contributed by atoms with van der Waals surface area (Å²) in [5.41, 5.74) is 5.35. The van der Waals surface area contributed by atoms with Gasteiger partial charge in [-0.15, -0.1) is 0 Å². The molecule has 0 spiro atoms. The van der Waals surface area contributed by atoms with Crippen molar-refractivity contribution >= 4 is 16.8 Å². The highest BCUT2D eigenvalue weighted by molar-refractivity contribution is 6.62. The van der Waals surface area contributed by atoms with Crippen LogP contribution in [0.4, 0.5) is 0 Å². The van der Waals surface area contributed by atoms with Crippen molar-refractivity contribution in [1.82, 2.24) is 0 Å². The molecule has 0 aromatic rings. The number of carbonyl (C=O) groups is 1. The van der Waals surface area contributed by atoms with Crippen molar-refractivity contribution in [1.29, 1.82) is 0 Å². The smallest absolute Gasteiger partial charge is 0.218 e. The van der Waals surface area contributed by atoms with Gasteiger partial charge < -0.3 is 5.73 Å². The van der Waals surface area contributed by atoms with Crippen LogP contribution >= 0.6 is 11.6 Å². The van der Waals surface area contributed by atoms with E-state index in [0.29, 0.717) is 0 Å². The summed E-state index contributed by atoms with van der Waals surface area (Å²) in [6.45, 7) is 7.19. The molecule has 0 heterocycles. The van der Waals surface area contributed by atoms with Crippen molar-refractivity contribution in [3.05, 3.63) is 0 Å². The van der Waals surface area contributed by atoms with Crippen molar-refractivity contribution < 1.29 is 4.79 Å². The minimum absolute atomic E-state index is 0. The topological polar surface area (TPSA) is 43.1 Å². The minimum atomic E-state index is -0.361. The minimum Gasteiger partial charge on any atom is -0.326 e. The lowest BCUT2D eigenvalue weighted by molar-refractivity contribution is -0.109. The molecule has 0 saturated heterocycles. The number of carbonyl (C=O) groups excluding carboxylic acids is 1. The molecule has 0 aliphatic carbocycles. The predicted octanol–water partition coefficient (Wildman–Crippen LogP) is 1.52. The third kappa shape index (κ3) is 43400. The van der Waals surface area contributed by atoms with Crippen molar-refractivity contribution in [2.75, 3.05) is 0 Å². The average molecular weight is 152 g/mol. The number of halogens is 1. The van der Waals surface area contributed by atoms with Gasteiger partial charge in [0.1, 0.15) is 0 Å². The molecule has 0 amide bonds. The van der Waals surface area contributed by atoms with Crippen LogP contribution in [0.1, 0.15) is 27.7 Å². The summed E-state index contributed by atoms with van der Waals surface area (Å²) in [7, 11) is 0. The molecule has 0 saturated carbocycles. The maximum Gasteiger partial charge on any atom is 0.218 e. The fourth-order valence-electron chi connectivity index (χ4n) is 0. The van der Waals surface area contributed by atoms with Gasteiger partial charge in [-0.05, 0) is 32.4 Å². The normalized spacial score (nSPS) is 9.56. The second kappa shape index (κ2) is 4.77. The lowest BCUT2D eigenvalue weighted by Crippen LogP contribution is -2.26. The molecular weight excluding hydrogens is 138 g/mol. The first-order valence-corrected chi connectivity index (χ1v) is 3.06. The summed E-state index contributed by atoms with van der Waals surface area (Å²) < 4.78 is 0. The van der Waals surface area contributed by atoms with Gasteiger partial charge in [-0.25, -0.2) is 0 Å². The van der Waals surface area contributed by atoms with Gasteiger partial charge in [-0.1, -0.05) is 0 Å². The number of hydrogen-bond donors (Lipinski definition) is 1. The first-order valence-electron chi connectivity index (χ1n) is 2.68. The van der Waals surface area contributed by atoms with E-state index < -0.39 is 0 Å². The van der Waals surface area contributed by atoms with E-state index in [-0.39, 0.29) is 10.8 Å². The van der Waals surface area contributed by atoms with Crippen LogP contribution < -0.4 is 5.73 Å². The first-order chi connectivity index (χ1) is 3.73. The quantitative estimate of drug-likeness (QED) is 0.534. The van der Waals surface area contributed by atoms with Crippen LogP contribution in [0.5, 0.6) is 0 Å². The van der Waals surface area contributed by atoms with Crippen LogP contribution in [0.2, 0.25) is 0 Å². The largest absolute Gasteiger partial charge is 0.326 e. The molecule has 0 aliphatic rings. The van der Waals surface area contributed by atoms with Crippen molar-refractivity contribution in [3.63, 3.8) is 0 Å². The van der Waals surface area contributed by atoms with Crippen LogP contribution in [-0.2, 0) is 4.79 Å². The molecule has 2 nitrogen and oxygen atoms in total. The van der Waals surface area contributed by atoms with Gasteiger partial charge >= 0.3 is 0 Å². The lowest BCUT2D eigenvalue weighted by Gasteiger charge is -2.06. The number of hydrogen-bond acceptors (Lipinski definition) is 2. The third-order valence-corrected chi connectivity index (χ3v) is 0. The summed E-state index contributed by atoms with van der Waals surface area (Å²) in [5.74, 6) is 0. The number of rotatable bonds is 0. The molecule has 2 N–H and O–H groups in total. The maximum atomic E-state index is 9.21. The Hall–Kier alpha value is -0.0800. The Morgan fingerprint density at radius 1 is 1.44 bits per heavy atom. The van der Waals surface area contributed by atoms with Gasteiger partial charge in [0.05, 0.1) is 0 Å². The van der Waals surface area contributed by atoms with Crippen LogP contribution in [0, 0.1) is 0 Å². The lowest BCUT2D eigenvalue weighted by atomic mass is 10.1. The molecule has 0 unspecified atom stereocenters. The van der Waals surface area contributed by atoms with Crippen LogP contribution in [0.25, 0.3) is 0 Å². The summed E-state index contributed by atoms with van der Waals surface area (Å²) in [4.78, 5) is 9.21. The standard InChI is InChI=1S/C4H11N.C2H3ClO/c1-4(2,3)5;1-2(3)4/h5H2,1-3H3;1H3. The van der Waals surface area contributed by atoms with Crippen LogP contribution in [-0.4, -0.2) is 10.8 Å². The molecule has 0 aliphatic heterocycles. The van der Waals surface area contributed by atoms with Gasteiger partial charge in [-0.3, -0.25) is 4.79 Å². The summed E-state index contributed by atoms with van der Waals surface area (Å²) in [5, 5.41) is -0.361. The predicted molar refractivity (Wildman–Crippen MR) is 40.5 cm³/mol. The molecule has 0 aromatic heterocycles. The number of nitrogens with two attached hydrogens (primary N) is 1. The van der Waals surface area contributed by atoms with E-state index in [4.69, 9.17) is 5.73 Å². The van der Waals surface area contributed by atoms with E-state index in [1.807, 2.05) is 20.8 Å². The van der Waals surface area contributed by atoms with E-state index in [1.54, 1.807) is 0 Å². The zero-order valence-corrected chi connectivity index (χ0v) is 7.12. The van der Waals surface area contributed by atoms with Gasteiger partial charge in [0.25, 0.3) is 0 Å². The zero-order chi connectivity index (χ0) is 8.08. The van der Waals surface area contributed by atoms with E-state index in [2.05, 4.69) is 11.6 Å². The van der Waals surface area contributed by atoms with Gasteiger partial charge in [-0.2, -0.15) is 0 Å². The van der Waals surface area contributed by atoms with Crippen molar-refractivity contribution in [2.45, 2.75) is 33.2 Å². The first kappa shape index (κ1) is 11.7. The monoisotopic (exact) mass is 151 g/mol. The van der Waals surface area contributed by atoms with E-state index in [9.17, 15) is 4.79 Å². The Kier molecular flexibility index (Phi) is 6.19. The Morgan fingerprint density at radius 2 is 1.44 bits per heavy atom. The highest BCUT2D eigenvalue weighted by Crippen LogP contribution is 1.88. The Bertz CT molecular complexity index is 75.5. The molecule has 0 rings (SSSR count). The maximum absolute atomic E-state index is 9.21. The zero-order valence-electron chi connectivity index (χ0n) is 6.36. The van der Waals surface area contributed by atoms with E-state index >= 15 is 0 Å².